The van der Waals surface area contributed by atoms with E-state index in [1.54, 1.807) is 4.90 Å². The van der Waals surface area contributed by atoms with Crippen molar-refractivity contribution in [2.24, 2.45) is 5.92 Å². The largest absolute Gasteiger partial charge is 0.419 e. The molecule has 2 unspecified atom stereocenters. The third-order valence-corrected chi connectivity index (χ3v) is 4.71. The molecule has 2 fully saturated rings. The van der Waals surface area contributed by atoms with Crippen LogP contribution in [0, 0.1) is 5.92 Å². The Morgan fingerprint density at radius 2 is 2.20 bits per heavy atom. The van der Waals surface area contributed by atoms with Gasteiger partial charge in [0.1, 0.15) is 5.82 Å². The number of carbonyl (C=O) groups is 1. The summed E-state index contributed by atoms with van der Waals surface area (Å²) in [4.78, 5) is 17.9. The first-order valence-electron chi connectivity index (χ1n) is 8.61. The lowest BCUT2D eigenvalue weighted by atomic mass is 9.96. The first-order chi connectivity index (χ1) is 11.9. The fourth-order valence-corrected chi connectivity index (χ4v) is 3.42. The van der Waals surface area contributed by atoms with Gasteiger partial charge < -0.3 is 15.0 Å². The Morgan fingerprint density at radius 3 is 2.92 bits per heavy atom. The Hall–Kier alpha value is -1.83. The summed E-state index contributed by atoms with van der Waals surface area (Å²) in [6, 6.07) is 2.31. The maximum absolute atomic E-state index is 13.2. The van der Waals surface area contributed by atoms with Crippen LogP contribution in [0.4, 0.5) is 19.0 Å². The van der Waals surface area contributed by atoms with Gasteiger partial charge in [-0.2, -0.15) is 13.2 Å². The molecule has 2 atom stereocenters. The van der Waals surface area contributed by atoms with Crippen LogP contribution in [0.3, 0.4) is 0 Å². The molecule has 0 saturated carbocycles. The van der Waals surface area contributed by atoms with E-state index in [2.05, 4.69) is 10.3 Å². The number of hydrogen-bond donors (Lipinski definition) is 1. The molecule has 0 spiro atoms. The Morgan fingerprint density at radius 1 is 1.36 bits per heavy atom. The number of aromatic nitrogens is 1. The summed E-state index contributed by atoms with van der Waals surface area (Å²) < 4.78 is 45.1. The zero-order valence-corrected chi connectivity index (χ0v) is 13.9. The topological polar surface area (TPSA) is 54.5 Å². The van der Waals surface area contributed by atoms with E-state index >= 15 is 0 Å². The van der Waals surface area contributed by atoms with Gasteiger partial charge in [0, 0.05) is 32.4 Å². The van der Waals surface area contributed by atoms with Crippen molar-refractivity contribution in [2.45, 2.75) is 38.0 Å². The van der Waals surface area contributed by atoms with E-state index in [-0.39, 0.29) is 30.3 Å². The molecular weight excluding hydrogens is 335 g/mol. The summed E-state index contributed by atoms with van der Waals surface area (Å²) in [7, 11) is 0. The van der Waals surface area contributed by atoms with Crippen molar-refractivity contribution < 1.29 is 22.7 Å². The minimum Gasteiger partial charge on any atom is -0.376 e. The lowest BCUT2D eigenvalue weighted by Gasteiger charge is -2.34. The quantitative estimate of drug-likeness (QED) is 0.900. The molecule has 0 aliphatic carbocycles. The molecule has 0 radical (unpaired) electrons. The second-order valence-corrected chi connectivity index (χ2v) is 6.54. The third-order valence-electron chi connectivity index (χ3n) is 4.71. The standard InChI is InChI=1S/C17H22F3N3O2/c18-17(19,20)14-6-1-7-21-15(14)23-8-2-4-12(11-23)16(24)22-10-13-5-3-9-25-13/h1,6-7,12-13H,2-5,8-11H2,(H,22,24). The van der Waals surface area contributed by atoms with Gasteiger partial charge in [-0.1, -0.05) is 0 Å². The first-order valence-corrected chi connectivity index (χ1v) is 8.61. The highest BCUT2D eigenvalue weighted by Gasteiger charge is 2.37. The molecule has 2 aliphatic rings. The van der Waals surface area contributed by atoms with Gasteiger partial charge >= 0.3 is 6.18 Å². The van der Waals surface area contributed by atoms with E-state index in [1.165, 1.54) is 12.3 Å². The van der Waals surface area contributed by atoms with Crippen molar-refractivity contribution in [3.8, 4) is 0 Å². The highest BCUT2D eigenvalue weighted by atomic mass is 19.4. The zero-order valence-electron chi connectivity index (χ0n) is 13.9. The number of alkyl halides is 3. The van der Waals surface area contributed by atoms with Crippen LogP contribution in [0.15, 0.2) is 18.3 Å². The van der Waals surface area contributed by atoms with Crippen LogP contribution in [0.1, 0.15) is 31.2 Å². The van der Waals surface area contributed by atoms with Gasteiger partial charge in [-0.15, -0.1) is 0 Å². The van der Waals surface area contributed by atoms with Crippen molar-refractivity contribution >= 4 is 11.7 Å². The van der Waals surface area contributed by atoms with Crippen LogP contribution in [-0.4, -0.2) is 43.2 Å². The normalized spacial score (nSPS) is 24.4. The maximum Gasteiger partial charge on any atom is 0.419 e. The summed E-state index contributed by atoms with van der Waals surface area (Å²) in [6.45, 7) is 1.90. The summed E-state index contributed by atoms with van der Waals surface area (Å²) in [5, 5.41) is 2.88. The third kappa shape index (κ3) is 4.42. The molecule has 0 aromatic carbocycles. The van der Waals surface area contributed by atoms with Gasteiger partial charge in [0.25, 0.3) is 0 Å². The molecule has 1 aromatic rings. The maximum atomic E-state index is 13.2. The monoisotopic (exact) mass is 357 g/mol. The molecule has 1 N–H and O–H groups in total. The molecular formula is C17H22F3N3O2. The summed E-state index contributed by atoms with van der Waals surface area (Å²) in [6.07, 6.45) is 0.201. The second kappa shape index (κ2) is 7.59. The molecule has 1 amide bonds. The van der Waals surface area contributed by atoms with E-state index in [1.807, 2.05) is 0 Å². The average molecular weight is 357 g/mol. The lowest BCUT2D eigenvalue weighted by molar-refractivity contribution is -0.137. The Balaban J connectivity index is 1.64. The summed E-state index contributed by atoms with van der Waals surface area (Å²) in [5.41, 5.74) is -0.754. The number of pyridine rings is 1. The SMILES string of the molecule is O=C(NCC1CCCO1)C1CCCN(c2ncccc2C(F)(F)F)C1. The average Bonchev–Trinajstić information content (AvgIpc) is 3.12. The number of ether oxygens (including phenoxy) is 1. The van der Waals surface area contributed by atoms with Gasteiger partial charge in [0.15, 0.2) is 0 Å². The van der Waals surface area contributed by atoms with Gasteiger partial charge in [-0.05, 0) is 37.8 Å². The number of carbonyl (C=O) groups excluding carboxylic acids is 1. The summed E-state index contributed by atoms with van der Waals surface area (Å²) in [5.74, 6) is -0.547. The van der Waals surface area contributed by atoms with Crippen molar-refractivity contribution in [1.29, 1.82) is 0 Å². The van der Waals surface area contributed by atoms with Crippen LogP contribution in [0.2, 0.25) is 0 Å². The smallest absolute Gasteiger partial charge is 0.376 e. The number of rotatable bonds is 4. The predicted octanol–water partition coefficient (Wildman–Crippen LogP) is 2.61. The molecule has 5 nitrogen and oxygen atoms in total. The number of anilines is 1. The highest BCUT2D eigenvalue weighted by Crippen LogP contribution is 2.36. The molecule has 2 aliphatic heterocycles. The highest BCUT2D eigenvalue weighted by molar-refractivity contribution is 5.79. The van der Waals surface area contributed by atoms with Crippen molar-refractivity contribution in [3.63, 3.8) is 0 Å². The first kappa shape index (κ1) is 18.0. The van der Waals surface area contributed by atoms with Crippen molar-refractivity contribution in [2.75, 3.05) is 31.1 Å². The fraction of sp³-hybridized carbons (Fsp3) is 0.647. The lowest BCUT2D eigenvalue weighted by Crippen LogP contribution is -2.45. The van der Waals surface area contributed by atoms with Crippen LogP contribution in [0.5, 0.6) is 0 Å². The van der Waals surface area contributed by atoms with E-state index in [9.17, 15) is 18.0 Å². The van der Waals surface area contributed by atoms with Gasteiger partial charge in [0.2, 0.25) is 5.91 Å². The predicted molar refractivity (Wildman–Crippen MR) is 86.2 cm³/mol. The number of halogens is 3. The number of piperidine rings is 1. The minimum absolute atomic E-state index is 0.0521. The van der Waals surface area contributed by atoms with Gasteiger partial charge in [-0.25, -0.2) is 4.98 Å². The summed E-state index contributed by atoms with van der Waals surface area (Å²) >= 11 is 0. The van der Waals surface area contributed by atoms with E-state index < -0.39 is 11.7 Å². The molecule has 25 heavy (non-hydrogen) atoms. The van der Waals surface area contributed by atoms with Gasteiger partial charge in [0.05, 0.1) is 17.6 Å². The Kier molecular flexibility index (Phi) is 5.46. The van der Waals surface area contributed by atoms with Crippen molar-refractivity contribution in [3.05, 3.63) is 23.9 Å². The Labute approximate surface area is 144 Å². The Bertz CT molecular complexity index is 603. The van der Waals surface area contributed by atoms with Crippen LogP contribution in [0.25, 0.3) is 0 Å². The van der Waals surface area contributed by atoms with Crippen LogP contribution < -0.4 is 10.2 Å². The molecule has 138 valence electrons. The second-order valence-electron chi connectivity index (χ2n) is 6.54. The fourth-order valence-electron chi connectivity index (χ4n) is 3.42. The molecule has 8 heteroatoms. The van der Waals surface area contributed by atoms with Crippen LogP contribution in [-0.2, 0) is 15.7 Å². The number of amides is 1. The molecule has 2 saturated heterocycles. The molecule has 3 rings (SSSR count). The molecule has 1 aromatic heterocycles. The zero-order chi connectivity index (χ0) is 17.9. The van der Waals surface area contributed by atoms with E-state index in [0.717, 1.165) is 25.5 Å². The minimum atomic E-state index is -4.46. The van der Waals surface area contributed by atoms with E-state index in [0.29, 0.717) is 25.9 Å². The number of hydrogen-bond acceptors (Lipinski definition) is 4. The van der Waals surface area contributed by atoms with Gasteiger partial charge in [-0.3, -0.25) is 4.79 Å². The number of nitrogens with one attached hydrogen (secondary N) is 1. The van der Waals surface area contributed by atoms with Crippen LogP contribution >= 0.6 is 0 Å². The molecule has 3 heterocycles. The van der Waals surface area contributed by atoms with Crippen molar-refractivity contribution in [1.82, 2.24) is 10.3 Å². The number of nitrogens with zero attached hydrogens (tertiary/aromatic N) is 2. The molecule has 0 bridgehead atoms. The van der Waals surface area contributed by atoms with E-state index in [4.69, 9.17) is 4.74 Å².